The zero-order valence-electron chi connectivity index (χ0n) is 16.7. The highest BCUT2D eigenvalue weighted by Crippen LogP contribution is 2.36. The molecule has 0 spiro atoms. The molecular formula is C22H17ClF2N2O4S. The molecule has 1 atom stereocenters. The van der Waals surface area contributed by atoms with E-state index in [1.165, 1.54) is 13.2 Å². The lowest BCUT2D eigenvalue weighted by molar-refractivity contribution is 0.0696. The lowest BCUT2D eigenvalue weighted by Crippen LogP contribution is -2.10. The van der Waals surface area contributed by atoms with Crippen LogP contribution in [0.3, 0.4) is 0 Å². The first-order valence-electron chi connectivity index (χ1n) is 9.40. The number of methoxy groups -OCH3 is 1. The number of carboxylic acids is 1. The number of aromatic carboxylic acids is 1. The van der Waals surface area contributed by atoms with Gasteiger partial charge in [0.15, 0.2) is 16.7 Å². The molecule has 1 aliphatic heterocycles. The van der Waals surface area contributed by atoms with Crippen molar-refractivity contribution in [1.29, 1.82) is 0 Å². The molecule has 0 radical (unpaired) electrons. The summed E-state index contributed by atoms with van der Waals surface area (Å²) in [7, 11) is -0.881. The normalized spacial score (nSPS) is 13.5. The van der Waals surface area contributed by atoms with Crippen molar-refractivity contribution < 1.29 is 27.6 Å². The molecule has 0 bridgehead atoms. The highest BCUT2D eigenvalue weighted by molar-refractivity contribution is 7.86. The van der Waals surface area contributed by atoms with Crippen LogP contribution in [0.4, 0.5) is 14.5 Å². The van der Waals surface area contributed by atoms with E-state index < -0.39 is 28.6 Å². The number of hydrogen-bond donors (Lipinski definition) is 3. The monoisotopic (exact) mass is 478 g/mol. The first-order valence-corrected chi connectivity index (χ1v) is 10.9. The van der Waals surface area contributed by atoms with Crippen LogP contribution in [0.2, 0.25) is 5.02 Å². The molecule has 0 saturated heterocycles. The molecular weight excluding hydrogens is 462 g/mol. The fourth-order valence-corrected chi connectivity index (χ4v) is 5.01. The Morgan fingerprint density at radius 3 is 2.66 bits per heavy atom. The number of nitrogens with one attached hydrogen (secondary N) is 2. The fourth-order valence-electron chi connectivity index (χ4n) is 3.60. The van der Waals surface area contributed by atoms with Crippen molar-refractivity contribution in [3.8, 4) is 16.9 Å². The molecule has 1 heterocycles. The molecule has 1 unspecified atom stereocenters. The zero-order chi connectivity index (χ0) is 23.0. The summed E-state index contributed by atoms with van der Waals surface area (Å²) in [6, 6.07) is 9.69. The van der Waals surface area contributed by atoms with Crippen LogP contribution in [0.1, 0.15) is 21.5 Å². The van der Waals surface area contributed by atoms with Gasteiger partial charge < -0.3 is 15.2 Å². The second kappa shape index (κ2) is 8.85. The van der Waals surface area contributed by atoms with Gasteiger partial charge in [0, 0.05) is 24.7 Å². The lowest BCUT2D eigenvalue weighted by Gasteiger charge is -2.15. The van der Waals surface area contributed by atoms with Crippen LogP contribution >= 0.6 is 11.6 Å². The van der Waals surface area contributed by atoms with E-state index in [0.717, 1.165) is 23.3 Å². The van der Waals surface area contributed by atoms with Crippen molar-refractivity contribution in [2.45, 2.75) is 18.0 Å². The second-order valence-corrected chi connectivity index (χ2v) is 8.61. The summed E-state index contributed by atoms with van der Waals surface area (Å²) in [5, 5.41) is 12.4. The minimum Gasteiger partial charge on any atom is -0.494 e. The van der Waals surface area contributed by atoms with Crippen LogP contribution in [-0.2, 0) is 24.1 Å². The Morgan fingerprint density at radius 1 is 1.16 bits per heavy atom. The molecule has 1 aliphatic rings. The van der Waals surface area contributed by atoms with Gasteiger partial charge in [-0.25, -0.2) is 17.8 Å². The predicted molar refractivity (Wildman–Crippen MR) is 117 cm³/mol. The molecule has 0 aromatic heterocycles. The predicted octanol–water partition coefficient (Wildman–Crippen LogP) is 4.73. The van der Waals surface area contributed by atoms with Gasteiger partial charge in [0.05, 0.1) is 23.4 Å². The average Bonchev–Trinajstić information content (AvgIpc) is 3.24. The van der Waals surface area contributed by atoms with Gasteiger partial charge >= 0.3 is 5.97 Å². The number of halogens is 3. The van der Waals surface area contributed by atoms with Gasteiger partial charge in [0.1, 0.15) is 16.5 Å². The van der Waals surface area contributed by atoms with E-state index in [1.807, 2.05) is 6.07 Å². The van der Waals surface area contributed by atoms with Crippen molar-refractivity contribution in [3.05, 3.63) is 75.8 Å². The molecule has 0 aliphatic carbocycles. The number of hydrogen-bond acceptors (Lipinski definition) is 4. The Labute approximate surface area is 189 Å². The van der Waals surface area contributed by atoms with E-state index in [9.17, 15) is 22.9 Å². The van der Waals surface area contributed by atoms with E-state index in [0.29, 0.717) is 24.7 Å². The van der Waals surface area contributed by atoms with Gasteiger partial charge in [-0.2, -0.15) is 0 Å². The van der Waals surface area contributed by atoms with E-state index in [4.69, 9.17) is 16.3 Å². The number of carboxylic acid groups (broad SMARTS) is 1. The number of carbonyl (C=O) groups is 1. The van der Waals surface area contributed by atoms with Gasteiger partial charge in [-0.3, -0.25) is 4.72 Å². The van der Waals surface area contributed by atoms with Crippen LogP contribution in [0.25, 0.3) is 11.1 Å². The van der Waals surface area contributed by atoms with Crippen LogP contribution in [0.15, 0.2) is 47.4 Å². The third-order valence-corrected chi connectivity index (χ3v) is 6.49. The summed E-state index contributed by atoms with van der Waals surface area (Å²) < 4.78 is 49.9. The number of benzene rings is 3. The highest BCUT2D eigenvalue weighted by atomic mass is 35.5. The Morgan fingerprint density at radius 2 is 1.94 bits per heavy atom. The van der Waals surface area contributed by atoms with Gasteiger partial charge in [-0.15, -0.1) is 0 Å². The number of rotatable bonds is 6. The summed E-state index contributed by atoms with van der Waals surface area (Å²) in [5.74, 6) is -3.01. The van der Waals surface area contributed by atoms with Gasteiger partial charge in [-0.05, 0) is 34.9 Å². The molecule has 6 nitrogen and oxygen atoms in total. The lowest BCUT2D eigenvalue weighted by atomic mass is 9.96. The minimum atomic E-state index is -2.16. The van der Waals surface area contributed by atoms with Crippen molar-refractivity contribution in [2.75, 3.05) is 11.8 Å². The first-order chi connectivity index (χ1) is 15.3. The van der Waals surface area contributed by atoms with Crippen molar-refractivity contribution >= 4 is 34.2 Å². The van der Waals surface area contributed by atoms with Crippen molar-refractivity contribution in [3.63, 3.8) is 0 Å². The van der Waals surface area contributed by atoms with Crippen LogP contribution < -0.4 is 14.8 Å². The summed E-state index contributed by atoms with van der Waals surface area (Å²) in [5.41, 5.74) is 2.25. The average molecular weight is 479 g/mol. The van der Waals surface area contributed by atoms with Crippen LogP contribution in [-0.4, -0.2) is 22.4 Å². The molecule has 0 amide bonds. The third-order valence-electron chi connectivity index (χ3n) is 5.10. The maximum atomic E-state index is 14.7. The summed E-state index contributed by atoms with van der Waals surface area (Å²) in [6.07, 6.45) is 0. The molecule has 10 heteroatoms. The van der Waals surface area contributed by atoms with E-state index in [1.54, 1.807) is 12.1 Å². The minimum absolute atomic E-state index is 0.0165. The zero-order valence-corrected chi connectivity index (χ0v) is 18.2. The van der Waals surface area contributed by atoms with Gasteiger partial charge in [-0.1, -0.05) is 29.8 Å². The number of anilines is 1. The van der Waals surface area contributed by atoms with E-state index in [-0.39, 0.29) is 32.5 Å². The molecule has 3 aromatic carbocycles. The van der Waals surface area contributed by atoms with Crippen molar-refractivity contribution in [1.82, 2.24) is 5.32 Å². The Kier molecular flexibility index (Phi) is 6.14. The maximum absolute atomic E-state index is 14.7. The first kappa shape index (κ1) is 22.2. The molecule has 3 N–H and O–H groups in total. The maximum Gasteiger partial charge on any atom is 0.335 e. The molecule has 32 heavy (non-hydrogen) atoms. The smallest absolute Gasteiger partial charge is 0.335 e. The molecule has 4 rings (SSSR count). The Hall–Kier alpha value is -3.01. The quantitative estimate of drug-likeness (QED) is 0.477. The number of ether oxygens (including phenoxy) is 1. The Balaban J connectivity index is 1.75. The summed E-state index contributed by atoms with van der Waals surface area (Å²) >= 11 is 6.06. The van der Waals surface area contributed by atoms with E-state index >= 15 is 0 Å². The SMILES string of the molecule is COc1c(Cl)cc(C(=O)O)cc1S(=O)Nc1cc(-c2cccc3c2CNC3)c(F)cc1F. The fraction of sp³-hybridized carbons (Fsp3) is 0.136. The summed E-state index contributed by atoms with van der Waals surface area (Å²) in [6.45, 7) is 1.20. The largest absolute Gasteiger partial charge is 0.494 e. The van der Waals surface area contributed by atoms with Crippen LogP contribution in [0.5, 0.6) is 5.75 Å². The summed E-state index contributed by atoms with van der Waals surface area (Å²) in [4.78, 5) is 11.3. The molecule has 0 fully saturated rings. The van der Waals surface area contributed by atoms with Crippen LogP contribution in [0, 0.1) is 11.6 Å². The van der Waals surface area contributed by atoms with Crippen molar-refractivity contribution in [2.24, 2.45) is 0 Å². The Bertz CT molecular complexity index is 1270. The molecule has 0 saturated carbocycles. The topological polar surface area (TPSA) is 87.7 Å². The van der Waals surface area contributed by atoms with Gasteiger partial charge in [0.25, 0.3) is 0 Å². The molecule has 166 valence electrons. The second-order valence-electron chi connectivity index (χ2n) is 7.02. The highest BCUT2D eigenvalue weighted by Gasteiger charge is 2.22. The van der Waals surface area contributed by atoms with Gasteiger partial charge in [0.2, 0.25) is 0 Å². The van der Waals surface area contributed by atoms with E-state index in [2.05, 4.69) is 10.0 Å². The third kappa shape index (κ3) is 4.06. The standard InChI is InChI=1S/C22H17ClF2N2O4S/c1-31-21-16(23)5-12(22(28)29)6-20(21)32(30)27-19-7-14(17(24)8-18(19)25)13-4-2-3-11-9-26-10-15(11)13/h2-8,26-27H,9-10H2,1H3,(H,28,29). The number of fused-ring (bicyclic) bond motifs is 1. The molecule has 3 aromatic rings.